The Kier molecular flexibility index (Phi) is 3.05. The minimum absolute atomic E-state index is 0.284. The second-order valence-electron chi connectivity index (χ2n) is 3.24. The van der Waals surface area contributed by atoms with Crippen LogP contribution in [0.4, 0.5) is 0 Å². The molecule has 0 radical (unpaired) electrons. The Balaban J connectivity index is 2.60. The summed E-state index contributed by atoms with van der Waals surface area (Å²) in [6.45, 7) is 0. The molecular formula is C11H11N3OS. The van der Waals surface area contributed by atoms with Crippen LogP contribution in [0.3, 0.4) is 0 Å². The molecule has 0 saturated carbocycles. The number of aryl methyl sites for hydroxylation is 1. The van der Waals surface area contributed by atoms with Gasteiger partial charge in [-0.2, -0.15) is 10.1 Å². The largest absolute Gasteiger partial charge is 0.300 e. The van der Waals surface area contributed by atoms with Gasteiger partial charge >= 0.3 is 0 Å². The van der Waals surface area contributed by atoms with E-state index in [1.165, 1.54) is 11.8 Å². The van der Waals surface area contributed by atoms with E-state index < -0.39 is 0 Å². The molecule has 4 nitrogen and oxygen atoms in total. The molecular weight excluding hydrogens is 222 g/mol. The standard InChI is InChI=1S/C11H11N3OS/c1-14-11(16-2)12-10(15)9(13-14)8-6-4-3-5-7-8/h3-7H,1-2H3. The highest BCUT2D eigenvalue weighted by Crippen LogP contribution is 2.13. The van der Waals surface area contributed by atoms with Gasteiger partial charge in [0.05, 0.1) is 0 Å². The highest BCUT2D eigenvalue weighted by molar-refractivity contribution is 7.98. The minimum atomic E-state index is -0.284. The van der Waals surface area contributed by atoms with Gasteiger partial charge in [-0.15, -0.1) is 0 Å². The van der Waals surface area contributed by atoms with E-state index in [9.17, 15) is 4.79 Å². The number of benzene rings is 1. The average Bonchev–Trinajstić information content (AvgIpc) is 2.32. The minimum Gasteiger partial charge on any atom is -0.265 e. The van der Waals surface area contributed by atoms with Gasteiger partial charge in [0.15, 0.2) is 10.9 Å². The van der Waals surface area contributed by atoms with Crippen molar-refractivity contribution in [2.45, 2.75) is 5.16 Å². The van der Waals surface area contributed by atoms with Crippen molar-refractivity contribution in [3.8, 4) is 11.3 Å². The van der Waals surface area contributed by atoms with E-state index in [-0.39, 0.29) is 5.56 Å². The first-order chi connectivity index (χ1) is 7.72. The molecule has 16 heavy (non-hydrogen) atoms. The Bertz CT molecular complexity index is 551. The quantitative estimate of drug-likeness (QED) is 0.739. The lowest BCUT2D eigenvalue weighted by molar-refractivity contribution is 0.617. The van der Waals surface area contributed by atoms with E-state index in [0.29, 0.717) is 10.9 Å². The van der Waals surface area contributed by atoms with Crippen LogP contribution >= 0.6 is 11.8 Å². The summed E-state index contributed by atoms with van der Waals surface area (Å²) >= 11 is 1.40. The van der Waals surface area contributed by atoms with Gasteiger partial charge < -0.3 is 0 Å². The summed E-state index contributed by atoms with van der Waals surface area (Å²) in [5, 5.41) is 4.85. The Hall–Kier alpha value is -1.62. The third kappa shape index (κ3) is 1.99. The molecule has 0 fully saturated rings. The van der Waals surface area contributed by atoms with Crippen LogP contribution in [0.5, 0.6) is 0 Å². The van der Waals surface area contributed by atoms with Crippen LogP contribution in [0.25, 0.3) is 11.3 Å². The molecule has 0 unspecified atom stereocenters. The second-order valence-corrected chi connectivity index (χ2v) is 4.02. The van der Waals surface area contributed by atoms with Gasteiger partial charge in [-0.1, -0.05) is 42.1 Å². The summed E-state index contributed by atoms with van der Waals surface area (Å²) < 4.78 is 1.62. The summed E-state index contributed by atoms with van der Waals surface area (Å²) in [7, 11) is 1.78. The third-order valence-corrected chi connectivity index (χ3v) is 2.88. The molecule has 0 aliphatic heterocycles. The smallest absolute Gasteiger partial charge is 0.265 e. The number of thioether (sulfide) groups is 1. The molecule has 0 N–H and O–H groups in total. The SMILES string of the molecule is CSc1nc(=O)c(-c2ccccc2)nn1C. The predicted molar refractivity (Wildman–Crippen MR) is 64.5 cm³/mol. The molecule has 82 valence electrons. The van der Waals surface area contributed by atoms with Crippen molar-refractivity contribution >= 4 is 11.8 Å². The zero-order chi connectivity index (χ0) is 11.5. The van der Waals surface area contributed by atoms with Crippen LogP contribution in [-0.4, -0.2) is 21.0 Å². The molecule has 0 aliphatic carbocycles. The molecule has 0 bridgehead atoms. The van der Waals surface area contributed by atoms with Crippen LogP contribution in [0.1, 0.15) is 0 Å². The first-order valence-electron chi connectivity index (χ1n) is 4.77. The van der Waals surface area contributed by atoms with Crippen LogP contribution in [0.2, 0.25) is 0 Å². The number of hydrogen-bond donors (Lipinski definition) is 0. The fourth-order valence-corrected chi connectivity index (χ4v) is 1.88. The lowest BCUT2D eigenvalue weighted by Gasteiger charge is -2.05. The number of aromatic nitrogens is 3. The summed E-state index contributed by atoms with van der Waals surface area (Å²) in [4.78, 5) is 15.7. The predicted octanol–water partition coefficient (Wildman–Crippen LogP) is 1.56. The van der Waals surface area contributed by atoms with Crippen LogP contribution < -0.4 is 5.56 Å². The maximum atomic E-state index is 11.8. The van der Waals surface area contributed by atoms with Crippen molar-refractivity contribution in [1.82, 2.24) is 14.8 Å². The molecule has 0 amide bonds. The topological polar surface area (TPSA) is 47.8 Å². The molecule has 2 aromatic rings. The van der Waals surface area contributed by atoms with Gasteiger partial charge in [0.2, 0.25) is 0 Å². The van der Waals surface area contributed by atoms with E-state index in [0.717, 1.165) is 5.56 Å². The first-order valence-corrected chi connectivity index (χ1v) is 5.99. The van der Waals surface area contributed by atoms with Gasteiger partial charge in [-0.25, -0.2) is 4.68 Å². The zero-order valence-corrected chi connectivity index (χ0v) is 9.86. The molecule has 0 atom stereocenters. The molecule has 1 heterocycles. The molecule has 0 spiro atoms. The Labute approximate surface area is 97.3 Å². The Morgan fingerprint density at radius 1 is 1.25 bits per heavy atom. The summed E-state index contributed by atoms with van der Waals surface area (Å²) in [5.41, 5.74) is 0.901. The normalized spacial score (nSPS) is 10.4. The van der Waals surface area contributed by atoms with Crippen molar-refractivity contribution in [3.05, 3.63) is 40.7 Å². The van der Waals surface area contributed by atoms with Gasteiger partial charge in [0.1, 0.15) is 0 Å². The van der Waals surface area contributed by atoms with E-state index in [1.807, 2.05) is 36.6 Å². The van der Waals surface area contributed by atoms with Crippen LogP contribution in [-0.2, 0) is 7.05 Å². The highest BCUT2D eigenvalue weighted by atomic mass is 32.2. The fourth-order valence-electron chi connectivity index (χ4n) is 1.40. The van der Waals surface area contributed by atoms with Crippen molar-refractivity contribution in [2.75, 3.05) is 6.26 Å². The third-order valence-electron chi connectivity index (χ3n) is 2.16. The van der Waals surface area contributed by atoms with Crippen molar-refractivity contribution < 1.29 is 0 Å². The lowest BCUT2D eigenvalue weighted by atomic mass is 10.2. The highest BCUT2D eigenvalue weighted by Gasteiger charge is 2.08. The fraction of sp³-hybridized carbons (Fsp3) is 0.182. The summed E-state index contributed by atoms with van der Waals surface area (Å²) in [5.74, 6) is 0. The van der Waals surface area contributed by atoms with Crippen molar-refractivity contribution in [2.24, 2.45) is 7.05 Å². The summed E-state index contributed by atoms with van der Waals surface area (Å²) in [6.07, 6.45) is 1.87. The van der Waals surface area contributed by atoms with Crippen LogP contribution in [0.15, 0.2) is 40.3 Å². The maximum absolute atomic E-state index is 11.8. The van der Waals surface area contributed by atoms with E-state index in [2.05, 4.69) is 10.1 Å². The van der Waals surface area contributed by atoms with E-state index in [1.54, 1.807) is 11.7 Å². The Morgan fingerprint density at radius 2 is 1.94 bits per heavy atom. The Morgan fingerprint density at radius 3 is 2.56 bits per heavy atom. The molecule has 0 aliphatic rings. The lowest BCUT2D eigenvalue weighted by Crippen LogP contribution is -2.18. The van der Waals surface area contributed by atoms with Gasteiger partial charge in [-0.05, 0) is 6.26 Å². The first kappa shape index (κ1) is 10.9. The molecule has 1 aromatic heterocycles. The molecule has 5 heteroatoms. The summed E-state index contributed by atoms with van der Waals surface area (Å²) in [6, 6.07) is 9.35. The van der Waals surface area contributed by atoms with Gasteiger partial charge in [-0.3, -0.25) is 4.79 Å². The zero-order valence-electron chi connectivity index (χ0n) is 9.04. The van der Waals surface area contributed by atoms with Crippen molar-refractivity contribution in [3.63, 3.8) is 0 Å². The van der Waals surface area contributed by atoms with Crippen LogP contribution in [0, 0.1) is 0 Å². The monoisotopic (exact) mass is 233 g/mol. The molecule has 2 rings (SSSR count). The van der Waals surface area contributed by atoms with E-state index in [4.69, 9.17) is 0 Å². The second kappa shape index (κ2) is 4.49. The molecule has 0 saturated heterocycles. The molecule has 1 aromatic carbocycles. The van der Waals surface area contributed by atoms with Gasteiger partial charge in [0.25, 0.3) is 5.56 Å². The number of hydrogen-bond acceptors (Lipinski definition) is 4. The van der Waals surface area contributed by atoms with E-state index >= 15 is 0 Å². The maximum Gasteiger partial charge on any atom is 0.300 e. The number of rotatable bonds is 2. The number of nitrogens with zero attached hydrogens (tertiary/aromatic N) is 3. The average molecular weight is 233 g/mol. The van der Waals surface area contributed by atoms with Gasteiger partial charge in [0, 0.05) is 12.6 Å². The van der Waals surface area contributed by atoms with Crippen molar-refractivity contribution in [1.29, 1.82) is 0 Å².